The van der Waals surface area contributed by atoms with Gasteiger partial charge >= 0.3 is 0 Å². The van der Waals surface area contributed by atoms with Crippen LogP contribution >= 0.6 is 11.6 Å². The highest BCUT2D eigenvalue weighted by Gasteiger charge is 2.41. The Bertz CT molecular complexity index is 1540. The van der Waals surface area contributed by atoms with Crippen LogP contribution in [0.1, 0.15) is 22.8 Å². The highest BCUT2D eigenvalue weighted by Crippen LogP contribution is 2.26. The van der Waals surface area contributed by atoms with E-state index in [4.69, 9.17) is 11.6 Å². The summed E-state index contributed by atoms with van der Waals surface area (Å²) in [6, 6.07) is 8.44. The Labute approximate surface area is 204 Å². The van der Waals surface area contributed by atoms with E-state index in [-0.39, 0.29) is 37.4 Å². The van der Waals surface area contributed by atoms with Crippen molar-refractivity contribution in [2.45, 2.75) is 25.7 Å². The van der Waals surface area contributed by atoms with Crippen molar-refractivity contribution in [2.24, 2.45) is 7.05 Å². The Morgan fingerprint density at radius 1 is 1.20 bits per heavy atom. The summed E-state index contributed by atoms with van der Waals surface area (Å²) in [5.41, 5.74) is 0.0820. The van der Waals surface area contributed by atoms with Gasteiger partial charge in [-0.3, -0.25) is 19.0 Å². The van der Waals surface area contributed by atoms with E-state index >= 15 is 0 Å². The van der Waals surface area contributed by atoms with E-state index in [1.165, 1.54) is 28.7 Å². The maximum absolute atomic E-state index is 13.9. The first-order chi connectivity index (χ1) is 16.6. The molecule has 1 fully saturated rings. The highest BCUT2D eigenvalue weighted by atomic mass is 35.5. The molecule has 4 heterocycles. The second-order valence-electron chi connectivity index (χ2n) is 9.01. The molecule has 3 aromatic heterocycles. The Kier molecular flexibility index (Phi) is 5.55. The van der Waals surface area contributed by atoms with Crippen LogP contribution in [0, 0.1) is 0 Å². The molecule has 0 aliphatic carbocycles. The molecule has 1 aromatic carbocycles. The number of carbonyl (C=O) groups is 2. The number of aromatic nitrogens is 4. The Morgan fingerprint density at radius 2 is 1.91 bits per heavy atom. The molecule has 0 saturated carbocycles. The lowest BCUT2D eigenvalue weighted by molar-refractivity contribution is -0.144. The van der Waals surface area contributed by atoms with Crippen LogP contribution < -0.4 is 10.9 Å². The summed E-state index contributed by atoms with van der Waals surface area (Å²) < 4.78 is 16.9. The Morgan fingerprint density at radius 3 is 2.60 bits per heavy atom. The van der Waals surface area contributed by atoms with E-state index in [1.807, 2.05) is 0 Å². The zero-order valence-electron chi connectivity index (χ0n) is 19.1. The molecule has 1 aliphatic rings. The molecule has 35 heavy (non-hydrogen) atoms. The minimum atomic E-state index is -1.44. The van der Waals surface area contributed by atoms with Gasteiger partial charge in [0.15, 0.2) is 0 Å². The number of nitrogens with one attached hydrogen (secondary N) is 1. The zero-order valence-corrected chi connectivity index (χ0v) is 19.8. The van der Waals surface area contributed by atoms with Gasteiger partial charge in [0.25, 0.3) is 11.5 Å². The van der Waals surface area contributed by atoms with Crippen molar-refractivity contribution in [3.8, 4) is 0 Å². The van der Waals surface area contributed by atoms with Crippen molar-refractivity contribution < 1.29 is 14.0 Å². The number of aryl methyl sites for hydroxylation is 1. The van der Waals surface area contributed by atoms with E-state index < -0.39 is 23.0 Å². The van der Waals surface area contributed by atoms with Gasteiger partial charge in [-0.05, 0) is 30.7 Å². The number of hydrogen-bond acceptors (Lipinski definition) is 5. The predicted octanol–water partition coefficient (Wildman–Crippen LogP) is 2.44. The number of fused-ring (bicyclic) bond motifs is 3. The number of likely N-dealkylation sites (tertiary alicyclic amines) is 1. The summed E-state index contributed by atoms with van der Waals surface area (Å²) in [5, 5.41) is 3.83. The highest BCUT2D eigenvalue weighted by molar-refractivity contribution is 6.30. The number of alkyl halides is 1. The van der Waals surface area contributed by atoms with Gasteiger partial charge in [0.05, 0.1) is 31.1 Å². The van der Waals surface area contributed by atoms with Crippen molar-refractivity contribution in [3.63, 3.8) is 0 Å². The first-order valence-electron chi connectivity index (χ1n) is 11.0. The number of imidazole rings is 1. The molecule has 0 spiro atoms. The molecule has 5 rings (SSSR count). The third kappa shape index (κ3) is 4.25. The molecule has 11 heteroatoms. The topological polar surface area (TPSA) is 102 Å². The van der Waals surface area contributed by atoms with Gasteiger partial charge in [0, 0.05) is 24.0 Å². The first kappa shape index (κ1) is 23.0. The lowest BCUT2D eigenvalue weighted by atomic mass is 9.99. The van der Waals surface area contributed by atoms with Crippen LogP contribution in [0.5, 0.6) is 0 Å². The Hall–Kier alpha value is -3.79. The quantitative estimate of drug-likeness (QED) is 0.457. The van der Waals surface area contributed by atoms with Gasteiger partial charge in [0.2, 0.25) is 5.91 Å². The van der Waals surface area contributed by atoms with Gasteiger partial charge in [-0.25, -0.2) is 14.4 Å². The number of nitrogens with zero attached hydrogens (tertiary/aromatic N) is 5. The maximum atomic E-state index is 13.9. The van der Waals surface area contributed by atoms with Gasteiger partial charge in [-0.1, -0.05) is 23.7 Å². The summed E-state index contributed by atoms with van der Waals surface area (Å²) in [4.78, 5) is 49.3. The van der Waals surface area contributed by atoms with Gasteiger partial charge in [0.1, 0.15) is 28.9 Å². The molecule has 4 aromatic rings. The standard InChI is InChI=1S/C24H22ClFN6O3/c1-24(26)11-31(12-24)19(33)10-32-21-16(20-18(9-27-21)29-13-30(20)2)7-17(23(32)35)22(34)28-8-14-3-5-15(25)6-4-14/h3-7,9,13H,8,10-12H2,1-2H3,(H,28,34). The number of rotatable bonds is 5. The fourth-order valence-electron chi connectivity index (χ4n) is 4.31. The SMILES string of the molecule is Cn1cnc2cnc3c(cc(C(=O)NCc4ccc(Cl)cc4)c(=O)n3CC(=O)N3CC(C)(F)C3)c21. The summed E-state index contributed by atoms with van der Waals surface area (Å²) in [6.07, 6.45) is 3.12. The first-order valence-corrected chi connectivity index (χ1v) is 11.3. The van der Waals surface area contributed by atoms with Crippen LogP contribution in [0.4, 0.5) is 4.39 Å². The fraction of sp³-hybridized carbons (Fsp3) is 0.292. The average molecular weight is 497 g/mol. The summed E-state index contributed by atoms with van der Waals surface area (Å²) in [6.45, 7) is 1.16. The summed E-state index contributed by atoms with van der Waals surface area (Å²) in [7, 11) is 1.79. The number of amides is 2. The minimum Gasteiger partial charge on any atom is -0.348 e. The van der Waals surface area contributed by atoms with E-state index in [2.05, 4.69) is 15.3 Å². The van der Waals surface area contributed by atoms with Crippen LogP contribution in [0.25, 0.3) is 22.1 Å². The van der Waals surface area contributed by atoms with Crippen molar-refractivity contribution in [1.82, 2.24) is 29.3 Å². The molecule has 9 nitrogen and oxygen atoms in total. The lowest BCUT2D eigenvalue weighted by Gasteiger charge is -2.42. The minimum absolute atomic E-state index is 0.0425. The molecular formula is C24H22ClFN6O3. The van der Waals surface area contributed by atoms with Crippen LogP contribution in [0.3, 0.4) is 0 Å². The molecule has 180 valence electrons. The predicted molar refractivity (Wildman–Crippen MR) is 129 cm³/mol. The molecule has 1 saturated heterocycles. The second-order valence-corrected chi connectivity index (χ2v) is 9.44. The average Bonchev–Trinajstić information content (AvgIpc) is 3.19. The molecule has 0 radical (unpaired) electrons. The zero-order chi connectivity index (χ0) is 24.9. The smallest absolute Gasteiger partial charge is 0.265 e. The van der Waals surface area contributed by atoms with Crippen molar-refractivity contribution in [2.75, 3.05) is 13.1 Å². The summed E-state index contributed by atoms with van der Waals surface area (Å²) in [5.74, 6) is -1.01. The van der Waals surface area contributed by atoms with Gasteiger partial charge in [-0.2, -0.15) is 0 Å². The van der Waals surface area contributed by atoms with E-state index in [0.717, 1.165) is 5.56 Å². The lowest BCUT2D eigenvalue weighted by Crippen LogP contribution is -2.60. The van der Waals surface area contributed by atoms with Crippen molar-refractivity contribution >= 4 is 45.5 Å². The number of benzene rings is 1. The largest absolute Gasteiger partial charge is 0.348 e. The molecule has 0 atom stereocenters. The molecule has 1 aliphatic heterocycles. The fourth-order valence-corrected chi connectivity index (χ4v) is 4.44. The van der Waals surface area contributed by atoms with Gasteiger partial charge < -0.3 is 14.8 Å². The van der Waals surface area contributed by atoms with Crippen molar-refractivity contribution in [3.05, 3.63) is 69.4 Å². The molecule has 1 N–H and O–H groups in total. The number of halogens is 2. The maximum Gasteiger partial charge on any atom is 0.265 e. The van der Waals surface area contributed by atoms with E-state index in [9.17, 15) is 18.8 Å². The molecular weight excluding hydrogens is 475 g/mol. The molecule has 0 bridgehead atoms. The van der Waals surface area contributed by atoms with Crippen LogP contribution in [-0.4, -0.2) is 54.6 Å². The van der Waals surface area contributed by atoms with Crippen LogP contribution in [0.2, 0.25) is 5.02 Å². The van der Waals surface area contributed by atoms with E-state index in [1.54, 1.807) is 42.2 Å². The van der Waals surface area contributed by atoms with Crippen molar-refractivity contribution in [1.29, 1.82) is 0 Å². The van der Waals surface area contributed by atoms with E-state index in [0.29, 0.717) is 21.4 Å². The number of hydrogen-bond donors (Lipinski definition) is 1. The Balaban J connectivity index is 1.55. The number of pyridine rings is 2. The normalized spacial score (nSPS) is 14.8. The van der Waals surface area contributed by atoms with Crippen LogP contribution in [0.15, 0.2) is 47.7 Å². The van der Waals surface area contributed by atoms with Crippen LogP contribution in [-0.2, 0) is 24.9 Å². The monoisotopic (exact) mass is 496 g/mol. The number of carbonyl (C=O) groups excluding carboxylic acids is 2. The third-order valence-corrected chi connectivity index (χ3v) is 6.34. The molecule has 2 amide bonds. The third-order valence-electron chi connectivity index (χ3n) is 6.09. The van der Waals surface area contributed by atoms with Gasteiger partial charge in [-0.15, -0.1) is 0 Å². The second kappa shape index (κ2) is 8.46. The molecule has 0 unspecified atom stereocenters. The summed E-state index contributed by atoms with van der Waals surface area (Å²) >= 11 is 5.91.